The van der Waals surface area contributed by atoms with Crippen LogP contribution in [0.5, 0.6) is 11.6 Å². The van der Waals surface area contributed by atoms with E-state index in [0.29, 0.717) is 38.5 Å². The van der Waals surface area contributed by atoms with E-state index in [4.69, 9.17) is 14.2 Å². The Morgan fingerprint density at radius 3 is 2.82 bits per heavy atom. The average molecular weight is 383 g/mol. The Bertz CT molecular complexity index is 827. The smallest absolute Gasteiger partial charge is 0.244 e. The van der Waals surface area contributed by atoms with Crippen LogP contribution < -0.4 is 14.4 Å². The number of anilines is 1. The van der Waals surface area contributed by atoms with Crippen molar-refractivity contribution in [3.05, 3.63) is 48.2 Å². The average Bonchev–Trinajstić information content (AvgIpc) is 3.12. The van der Waals surface area contributed by atoms with Gasteiger partial charge in [0.05, 0.1) is 25.4 Å². The lowest BCUT2D eigenvalue weighted by atomic mass is 10.1. The number of pyridine rings is 1. The molecule has 148 valence electrons. The number of hydrogen-bond donors (Lipinski definition) is 0. The zero-order valence-corrected chi connectivity index (χ0v) is 16.2. The fraction of sp³-hybridized carbons (Fsp3) is 0.429. The van der Waals surface area contributed by atoms with Crippen LogP contribution in [0.3, 0.4) is 0 Å². The molecule has 7 nitrogen and oxygen atoms in total. The molecule has 0 radical (unpaired) electrons. The molecule has 0 aliphatic carbocycles. The highest BCUT2D eigenvalue weighted by atomic mass is 16.5. The molecule has 28 heavy (non-hydrogen) atoms. The number of fused-ring (bicyclic) bond motifs is 3. The van der Waals surface area contributed by atoms with Crippen molar-refractivity contribution >= 4 is 11.6 Å². The Kier molecular flexibility index (Phi) is 5.45. The number of benzene rings is 1. The van der Waals surface area contributed by atoms with Crippen molar-refractivity contribution in [2.45, 2.75) is 25.1 Å². The molecule has 0 N–H and O–H groups in total. The third-order valence-corrected chi connectivity index (χ3v) is 5.28. The van der Waals surface area contributed by atoms with Crippen molar-refractivity contribution < 1.29 is 19.0 Å². The van der Waals surface area contributed by atoms with Gasteiger partial charge < -0.3 is 19.1 Å². The Hall–Kier alpha value is -2.64. The fourth-order valence-electron chi connectivity index (χ4n) is 3.91. The zero-order chi connectivity index (χ0) is 19.5. The molecule has 0 unspecified atom stereocenters. The molecule has 1 amide bonds. The van der Waals surface area contributed by atoms with E-state index in [1.807, 2.05) is 36.4 Å². The second-order valence-corrected chi connectivity index (χ2v) is 7.08. The van der Waals surface area contributed by atoms with E-state index in [0.717, 1.165) is 17.0 Å². The van der Waals surface area contributed by atoms with Gasteiger partial charge in [-0.05, 0) is 17.7 Å². The Balaban J connectivity index is 1.60. The van der Waals surface area contributed by atoms with Gasteiger partial charge in [-0.3, -0.25) is 9.69 Å². The van der Waals surface area contributed by atoms with Gasteiger partial charge in [0.1, 0.15) is 11.9 Å². The lowest BCUT2D eigenvalue weighted by Gasteiger charge is -2.31. The third-order valence-electron chi connectivity index (χ3n) is 5.28. The summed E-state index contributed by atoms with van der Waals surface area (Å²) in [6.45, 7) is 2.31. The summed E-state index contributed by atoms with van der Waals surface area (Å²) in [5.41, 5.74) is 1.85. The molecule has 2 aromatic rings. The van der Waals surface area contributed by atoms with Crippen molar-refractivity contribution in [3.63, 3.8) is 0 Å². The Morgan fingerprint density at radius 2 is 2.07 bits per heavy atom. The van der Waals surface area contributed by atoms with E-state index in [1.54, 1.807) is 25.3 Å². The van der Waals surface area contributed by atoms with E-state index in [2.05, 4.69) is 9.88 Å². The third kappa shape index (κ3) is 3.68. The van der Waals surface area contributed by atoms with Crippen LogP contribution in [0.1, 0.15) is 12.0 Å². The molecule has 7 heteroatoms. The summed E-state index contributed by atoms with van der Waals surface area (Å²) < 4.78 is 16.6. The predicted molar refractivity (Wildman–Crippen MR) is 105 cm³/mol. The summed E-state index contributed by atoms with van der Waals surface area (Å²) in [5.74, 6) is 1.43. The number of para-hydroxylation sites is 2. The number of methoxy groups -OCH3 is 2. The van der Waals surface area contributed by atoms with Gasteiger partial charge in [-0.15, -0.1) is 0 Å². The van der Waals surface area contributed by atoms with Gasteiger partial charge in [-0.1, -0.05) is 18.2 Å². The number of hydrogen-bond acceptors (Lipinski definition) is 6. The summed E-state index contributed by atoms with van der Waals surface area (Å²) in [6.07, 6.45) is 2.47. The molecule has 1 saturated heterocycles. The molecule has 2 aliphatic rings. The number of aromatic nitrogens is 1. The van der Waals surface area contributed by atoms with Crippen LogP contribution in [0.15, 0.2) is 42.6 Å². The van der Waals surface area contributed by atoms with E-state index in [-0.39, 0.29) is 18.1 Å². The highest BCUT2D eigenvalue weighted by Gasteiger charge is 2.42. The maximum atomic E-state index is 13.5. The van der Waals surface area contributed by atoms with Crippen LogP contribution in [0.4, 0.5) is 5.69 Å². The second kappa shape index (κ2) is 8.16. The zero-order valence-electron chi connectivity index (χ0n) is 16.2. The highest BCUT2D eigenvalue weighted by molar-refractivity contribution is 5.99. The van der Waals surface area contributed by atoms with Gasteiger partial charge in [0, 0.05) is 45.4 Å². The molecule has 2 atom stereocenters. The minimum absolute atomic E-state index is 0.00844. The molecule has 4 rings (SSSR count). The first-order valence-corrected chi connectivity index (χ1v) is 9.48. The number of ether oxygens (including phenoxy) is 3. The Morgan fingerprint density at radius 1 is 1.21 bits per heavy atom. The fourth-order valence-corrected chi connectivity index (χ4v) is 3.91. The molecular formula is C21H25N3O4. The molecule has 0 spiro atoms. The maximum absolute atomic E-state index is 13.5. The van der Waals surface area contributed by atoms with Gasteiger partial charge in [0.15, 0.2) is 0 Å². The van der Waals surface area contributed by atoms with Gasteiger partial charge in [-0.25, -0.2) is 4.98 Å². The Labute approximate surface area is 164 Å². The quantitative estimate of drug-likeness (QED) is 0.761. The van der Waals surface area contributed by atoms with Crippen molar-refractivity contribution in [1.82, 2.24) is 9.88 Å². The molecule has 2 bridgehead atoms. The molecule has 0 saturated carbocycles. The summed E-state index contributed by atoms with van der Waals surface area (Å²) in [4.78, 5) is 21.7. The molecule has 1 aromatic heterocycles. The van der Waals surface area contributed by atoms with E-state index >= 15 is 0 Å². The van der Waals surface area contributed by atoms with Gasteiger partial charge in [-0.2, -0.15) is 0 Å². The van der Waals surface area contributed by atoms with Crippen LogP contribution in [0.25, 0.3) is 0 Å². The van der Waals surface area contributed by atoms with Crippen LogP contribution >= 0.6 is 0 Å². The summed E-state index contributed by atoms with van der Waals surface area (Å²) in [6, 6.07) is 11.3. The van der Waals surface area contributed by atoms with Crippen LogP contribution in [-0.4, -0.2) is 61.9 Å². The summed E-state index contributed by atoms with van der Waals surface area (Å²) in [7, 11) is 3.24. The number of carbonyl (C=O) groups is 1. The number of rotatable bonds is 6. The van der Waals surface area contributed by atoms with E-state index < -0.39 is 0 Å². The molecular weight excluding hydrogens is 358 g/mol. The monoisotopic (exact) mass is 383 g/mol. The van der Waals surface area contributed by atoms with Crippen LogP contribution in [0, 0.1) is 0 Å². The standard InChI is InChI=1S/C21H25N3O4/c1-26-10-9-24-17-5-3-4-6-19(17)28-16-11-18(21(24)25)23(14-16)13-15-7-8-20(27-2)22-12-15/h3-8,12,16,18H,9-11,13-14H2,1-2H3/t16-,18-/m0/s1. The normalized spacial score (nSPS) is 21.6. The van der Waals surface area contributed by atoms with E-state index in [9.17, 15) is 4.79 Å². The van der Waals surface area contributed by atoms with Crippen molar-refractivity contribution in [2.75, 3.05) is 38.8 Å². The first-order chi connectivity index (χ1) is 13.7. The van der Waals surface area contributed by atoms with Gasteiger partial charge in [0.25, 0.3) is 0 Å². The SMILES string of the molecule is COCCN1C(=O)[C@@H]2C[C@@H](CN2Cc2ccc(OC)nc2)Oc2ccccc21. The largest absolute Gasteiger partial charge is 0.487 e. The first kappa shape index (κ1) is 18.7. The summed E-state index contributed by atoms with van der Waals surface area (Å²) >= 11 is 0. The molecule has 2 aliphatic heterocycles. The minimum Gasteiger partial charge on any atom is -0.487 e. The summed E-state index contributed by atoms with van der Waals surface area (Å²) in [5, 5.41) is 0. The van der Waals surface area contributed by atoms with Gasteiger partial charge in [0.2, 0.25) is 11.8 Å². The lowest BCUT2D eigenvalue weighted by Crippen LogP contribution is -2.47. The minimum atomic E-state index is -0.225. The van der Waals surface area contributed by atoms with Crippen LogP contribution in [0.2, 0.25) is 0 Å². The van der Waals surface area contributed by atoms with Crippen molar-refractivity contribution in [2.24, 2.45) is 0 Å². The molecule has 1 aromatic carbocycles. The number of carbonyl (C=O) groups excluding carboxylic acids is 1. The van der Waals surface area contributed by atoms with Gasteiger partial charge >= 0.3 is 0 Å². The topological polar surface area (TPSA) is 64.1 Å². The predicted octanol–water partition coefficient (Wildman–Crippen LogP) is 2.11. The van der Waals surface area contributed by atoms with Crippen molar-refractivity contribution in [3.8, 4) is 11.6 Å². The molecule has 3 heterocycles. The van der Waals surface area contributed by atoms with E-state index in [1.165, 1.54) is 0 Å². The highest BCUT2D eigenvalue weighted by Crippen LogP contribution is 2.36. The number of likely N-dealkylation sites (tertiary alicyclic amines) is 1. The number of amides is 1. The number of nitrogens with zero attached hydrogens (tertiary/aromatic N) is 3. The second-order valence-electron chi connectivity index (χ2n) is 7.08. The lowest BCUT2D eigenvalue weighted by molar-refractivity contribution is -0.123. The van der Waals surface area contributed by atoms with Crippen molar-refractivity contribution in [1.29, 1.82) is 0 Å². The maximum Gasteiger partial charge on any atom is 0.244 e. The first-order valence-electron chi connectivity index (χ1n) is 9.48. The molecule has 1 fully saturated rings. The van der Waals surface area contributed by atoms with Crippen LogP contribution in [-0.2, 0) is 16.1 Å².